The van der Waals surface area contributed by atoms with E-state index < -0.39 is 10.0 Å². The summed E-state index contributed by atoms with van der Waals surface area (Å²) in [6, 6.07) is 1.84. The van der Waals surface area contributed by atoms with Gasteiger partial charge >= 0.3 is 0 Å². The number of hydrogen-bond acceptors (Lipinski definition) is 4. The summed E-state index contributed by atoms with van der Waals surface area (Å²) in [6.07, 6.45) is 4.97. The Morgan fingerprint density at radius 2 is 2.11 bits per heavy atom. The van der Waals surface area contributed by atoms with Crippen LogP contribution in [0.25, 0.3) is 0 Å². The van der Waals surface area contributed by atoms with Gasteiger partial charge in [-0.2, -0.15) is 0 Å². The van der Waals surface area contributed by atoms with Crippen molar-refractivity contribution in [3.63, 3.8) is 0 Å². The van der Waals surface area contributed by atoms with Crippen molar-refractivity contribution in [2.45, 2.75) is 33.2 Å². The number of hydrogen-bond donors (Lipinski definition) is 2. The predicted octanol–water partition coefficient (Wildman–Crippen LogP) is 1.20. The molecular formula is C13H23N3O2S. The number of aryl methyl sites for hydroxylation is 1. The van der Waals surface area contributed by atoms with E-state index in [4.69, 9.17) is 0 Å². The van der Waals surface area contributed by atoms with E-state index in [-0.39, 0.29) is 5.75 Å². The third-order valence-corrected chi connectivity index (χ3v) is 4.30. The Morgan fingerprint density at radius 3 is 2.79 bits per heavy atom. The molecule has 0 saturated heterocycles. The van der Waals surface area contributed by atoms with Gasteiger partial charge in [0.1, 0.15) is 0 Å². The highest BCUT2D eigenvalue weighted by Crippen LogP contribution is 2.05. The maximum absolute atomic E-state index is 11.8. The van der Waals surface area contributed by atoms with Crippen LogP contribution in [0, 0.1) is 6.92 Å². The average molecular weight is 285 g/mol. The number of nitrogens with one attached hydrogen (secondary N) is 2. The lowest BCUT2D eigenvalue weighted by molar-refractivity contribution is 0.574. The van der Waals surface area contributed by atoms with E-state index >= 15 is 0 Å². The minimum absolute atomic E-state index is 0.183. The highest BCUT2D eigenvalue weighted by molar-refractivity contribution is 7.89. The van der Waals surface area contributed by atoms with Gasteiger partial charge in [0.2, 0.25) is 10.0 Å². The first-order valence-electron chi connectivity index (χ1n) is 6.62. The van der Waals surface area contributed by atoms with E-state index in [1.807, 2.05) is 19.9 Å². The molecule has 0 aromatic carbocycles. The Balaban J connectivity index is 2.33. The topological polar surface area (TPSA) is 71.1 Å². The van der Waals surface area contributed by atoms with Crippen molar-refractivity contribution in [2.24, 2.45) is 0 Å². The summed E-state index contributed by atoms with van der Waals surface area (Å²) in [6.45, 7) is 6.09. The molecule has 0 amide bonds. The monoisotopic (exact) mass is 285 g/mol. The Morgan fingerprint density at radius 1 is 1.32 bits per heavy atom. The number of sulfonamides is 1. The van der Waals surface area contributed by atoms with Gasteiger partial charge in [0, 0.05) is 18.9 Å². The minimum Gasteiger partial charge on any atom is -0.317 e. The number of unbranched alkanes of at least 4 members (excludes halogenated alkanes) is 1. The molecule has 6 heteroatoms. The third-order valence-electron chi connectivity index (χ3n) is 2.89. The molecule has 1 heterocycles. The smallest absolute Gasteiger partial charge is 0.211 e. The minimum atomic E-state index is -3.18. The Kier molecular flexibility index (Phi) is 6.97. The van der Waals surface area contributed by atoms with E-state index in [0.717, 1.165) is 30.6 Å². The second-order valence-corrected chi connectivity index (χ2v) is 6.43. The lowest BCUT2D eigenvalue weighted by Crippen LogP contribution is -2.26. The quantitative estimate of drug-likeness (QED) is 0.669. The van der Waals surface area contributed by atoms with Crippen molar-refractivity contribution in [3.8, 4) is 0 Å². The number of aromatic nitrogens is 1. The zero-order valence-electron chi connectivity index (χ0n) is 11.6. The molecule has 0 bridgehead atoms. The van der Waals surface area contributed by atoms with Gasteiger partial charge in [-0.15, -0.1) is 0 Å². The Labute approximate surface area is 115 Å². The van der Waals surface area contributed by atoms with E-state index in [9.17, 15) is 8.42 Å². The Hall–Kier alpha value is -0.980. The van der Waals surface area contributed by atoms with E-state index in [2.05, 4.69) is 15.0 Å². The van der Waals surface area contributed by atoms with Crippen LogP contribution >= 0.6 is 0 Å². The van der Waals surface area contributed by atoms with Gasteiger partial charge in [0.25, 0.3) is 0 Å². The zero-order chi connectivity index (χ0) is 14.1. The molecule has 0 unspecified atom stereocenters. The molecule has 5 nitrogen and oxygen atoms in total. The van der Waals surface area contributed by atoms with Gasteiger partial charge in [-0.05, 0) is 50.0 Å². The molecule has 1 aromatic heterocycles. The SMILES string of the molecule is CCNCCCCS(=O)(=O)NCc1ccncc1C. The Bertz CT molecular complexity index is 475. The van der Waals surface area contributed by atoms with Crippen molar-refractivity contribution in [1.82, 2.24) is 15.0 Å². The molecule has 0 aliphatic heterocycles. The molecule has 1 rings (SSSR count). The van der Waals surface area contributed by atoms with Crippen LogP contribution < -0.4 is 10.0 Å². The number of pyridine rings is 1. The summed E-state index contributed by atoms with van der Waals surface area (Å²) < 4.78 is 26.2. The number of nitrogens with zero attached hydrogens (tertiary/aromatic N) is 1. The van der Waals surface area contributed by atoms with Crippen LogP contribution in [-0.2, 0) is 16.6 Å². The maximum Gasteiger partial charge on any atom is 0.211 e. The first-order chi connectivity index (χ1) is 9.05. The van der Waals surface area contributed by atoms with Crippen LogP contribution in [0.15, 0.2) is 18.5 Å². The summed E-state index contributed by atoms with van der Waals surface area (Å²) in [4.78, 5) is 3.98. The fraction of sp³-hybridized carbons (Fsp3) is 0.615. The van der Waals surface area contributed by atoms with Crippen LogP contribution in [0.2, 0.25) is 0 Å². The van der Waals surface area contributed by atoms with E-state index in [1.54, 1.807) is 12.4 Å². The van der Waals surface area contributed by atoms with Crippen molar-refractivity contribution >= 4 is 10.0 Å². The average Bonchev–Trinajstić information content (AvgIpc) is 2.37. The molecule has 0 spiro atoms. The molecule has 108 valence electrons. The van der Waals surface area contributed by atoms with Gasteiger partial charge in [0.15, 0.2) is 0 Å². The maximum atomic E-state index is 11.8. The second kappa shape index (κ2) is 8.24. The molecule has 2 N–H and O–H groups in total. The van der Waals surface area contributed by atoms with Crippen LogP contribution in [0.1, 0.15) is 30.9 Å². The van der Waals surface area contributed by atoms with Crippen LogP contribution in [0.4, 0.5) is 0 Å². The lowest BCUT2D eigenvalue weighted by atomic mass is 10.2. The first-order valence-corrected chi connectivity index (χ1v) is 8.28. The van der Waals surface area contributed by atoms with Gasteiger partial charge < -0.3 is 5.32 Å². The van der Waals surface area contributed by atoms with Crippen molar-refractivity contribution in [2.75, 3.05) is 18.8 Å². The van der Waals surface area contributed by atoms with Crippen molar-refractivity contribution < 1.29 is 8.42 Å². The normalized spacial score (nSPS) is 11.7. The molecular weight excluding hydrogens is 262 g/mol. The summed E-state index contributed by atoms with van der Waals surface area (Å²) >= 11 is 0. The molecule has 0 fully saturated rings. The molecule has 0 radical (unpaired) electrons. The largest absolute Gasteiger partial charge is 0.317 e. The van der Waals surface area contributed by atoms with Gasteiger partial charge in [0.05, 0.1) is 5.75 Å². The summed E-state index contributed by atoms with van der Waals surface area (Å²) in [5.74, 6) is 0.183. The van der Waals surface area contributed by atoms with Crippen molar-refractivity contribution in [3.05, 3.63) is 29.6 Å². The number of rotatable bonds is 9. The molecule has 19 heavy (non-hydrogen) atoms. The van der Waals surface area contributed by atoms with Crippen LogP contribution in [-0.4, -0.2) is 32.2 Å². The van der Waals surface area contributed by atoms with Crippen molar-refractivity contribution in [1.29, 1.82) is 0 Å². The zero-order valence-corrected chi connectivity index (χ0v) is 12.5. The van der Waals surface area contributed by atoms with Gasteiger partial charge in [-0.3, -0.25) is 4.98 Å². The summed E-state index contributed by atoms with van der Waals surface area (Å²) in [5.41, 5.74) is 1.96. The van der Waals surface area contributed by atoms with Crippen LogP contribution in [0.5, 0.6) is 0 Å². The fourth-order valence-corrected chi connectivity index (χ4v) is 2.78. The molecule has 0 saturated carbocycles. The van der Waals surface area contributed by atoms with Crippen LogP contribution in [0.3, 0.4) is 0 Å². The third kappa shape index (κ3) is 6.66. The van der Waals surface area contributed by atoms with Gasteiger partial charge in [-0.25, -0.2) is 13.1 Å². The molecule has 0 aliphatic carbocycles. The highest BCUT2D eigenvalue weighted by atomic mass is 32.2. The summed E-state index contributed by atoms with van der Waals surface area (Å²) in [7, 11) is -3.18. The standard InChI is InChI=1S/C13H23N3O2S/c1-3-14-7-4-5-9-19(17,18)16-11-13-6-8-15-10-12(13)2/h6,8,10,14,16H,3-5,7,9,11H2,1-2H3. The second-order valence-electron chi connectivity index (χ2n) is 4.50. The lowest BCUT2D eigenvalue weighted by Gasteiger charge is -2.08. The fourth-order valence-electron chi connectivity index (χ4n) is 1.68. The summed E-state index contributed by atoms with van der Waals surface area (Å²) in [5, 5.41) is 3.18. The van der Waals surface area contributed by atoms with E-state index in [1.165, 1.54) is 0 Å². The van der Waals surface area contributed by atoms with Gasteiger partial charge in [-0.1, -0.05) is 6.92 Å². The predicted molar refractivity (Wildman–Crippen MR) is 77.4 cm³/mol. The molecule has 0 aliphatic rings. The first kappa shape index (κ1) is 16.1. The van der Waals surface area contributed by atoms with E-state index in [0.29, 0.717) is 13.0 Å². The highest BCUT2D eigenvalue weighted by Gasteiger charge is 2.10. The molecule has 0 atom stereocenters. The molecule has 1 aromatic rings.